The number of nitrogens with one attached hydrogen (secondary N) is 2. The molecular formula is C19H24FN5O. The van der Waals surface area contributed by atoms with Gasteiger partial charge in [-0.15, -0.1) is 0 Å². The maximum atomic E-state index is 12.9. The van der Waals surface area contributed by atoms with Crippen LogP contribution in [0.4, 0.5) is 16.2 Å². The predicted molar refractivity (Wildman–Crippen MR) is 100 cm³/mol. The minimum atomic E-state index is -0.357. The number of halogens is 1. The van der Waals surface area contributed by atoms with E-state index in [0.717, 1.165) is 24.6 Å². The molecule has 0 saturated carbocycles. The van der Waals surface area contributed by atoms with Gasteiger partial charge in [-0.3, -0.25) is 4.79 Å². The van der Waals surface area contributed by atoms with Gasteiger partial charge in [0.2, 0.25) is 5.95 Å². The monoisotopic (exact) mass is 357 g/mol. The molecule has 2 aromatic rings. The fourth-order valence-corrected chi connectivity index (χ4v) is 2.97. The molecule has 0 bridgehead atoms. The Bertz CT molecular complexity index is 744. The van der Waals surface area contributed by atoms with Crippen molar-refractivity contribution < 1.29 is 9.18 Å². The van der Waals surface area contributed by atoms with Gasteiger partial charge in [-0.05, 0) is 50.5 Å². The van der Waals surface area contributed by atoms with Crippen molar-refractivity contribution in [3.05, 3.63) is 47.4 Å². The van der Waals surface area contributed by atoms with E-state index in [4.69, 9.17) is 0 Å². The minimum absolute atomic E-state index is 0.231. The van der Waals surface area contributed by atoms with Crippen molar-refractivity contribution >= 4 is 17.7 Å². The van der Waals surface area contributed by atoms with Crippen LogP contribution in [0, 0.1) is 12.7 Å². The average molecular weight is 357 g/mol. The van der Waals surface area contributed by atoms with Crippen molar-refractivity contribution in [3.63, 3.8) is 0 Å². The van der Waals surface area contributed by atoms with E-state index >= 15 is 0 Å². The normalized spacial score (nSPS) is 14.2. The molecule has 7 heteroatoms. The smallest absolute Gasteiger partial charge is 0.251 e. The van der Waals surface area contributed by atoms with Crippen molar-refractivity contribution in [1.82, 2.24) is 15.3 Å². The second-order valence-corrected chi connectivity index (χ2v) is 6.43. The predicted octanol–water partition coefficient (Wildman–Crippen LogP) is 2.76. The zero-order valence-corrected chi connectivity index (χ0v) is 15.0. The number of amides is 1. The Hall–Kier alpha value is -2.70. The van der Waals surface area contributed by atoms with E-state index in [1.54, 1.807) is 0 Å². The summed E-state index contributed by atoms with van der Waals surface area (Å²) >= 11 is 0. The second kappa shape index (κ2) is 8.60. The zero-order chi connectivity index (χ0) is 18.4. The molecular weight excluding hydrogens is 333 g/mol. The van der Waals surface area contributed by atoms with Gasteiger partial charge in [-0.25, -0.2) is 9.37 Å². The van der Waals surface area contributed by atoms with Gasteiger partial charge in [0, 0.05) is 43.5 Å². The molecule has 2 N–H and O–H groups in total. The molecule has 0 unspecified atom stereocenters. The number of hydrogen-bond donors (Lipinski definition) is 2. The SMILES string of the molecule is Cc1cc(N2CCCCC2)nc(NCCNC(=O)c2ccc(F)cc2)n1. The van der Waals surface area contributed by atoms with E-state index in [1.807, 2.05) is 13.0 Å². The minimum Gasteiger partial charge on any atom is -0.356 e. The van der Waals surface area contributed by atoms with Crippen LogP contribution in [-0.2, 0) is 0 Å². The third-order valence-electron chi connectivity index (χ3n) is 4.32. The van der Waals surface area contributed by atoms with Crippen LogP contribution < -0.4 is 15.5 Å². The summed E-state index contributed by atoms with van der Waals surface area (Å²) in [4.78, 5) is 23.3. The molecule has 1 aromatic carbocycles. The number of piperidine rings is 1. The summed E-state index contributed by atoms with van der Waals surface area (Å²) in [6, 6.07) is 7.48. The van der Waals surface area contributed by atoms with E-state index < -0.39 is 0 Å². The number of hydrogen-bond acceptors (Lipinski definition) is 5. The zero-order valence-electron chi connectivity index (χ0n) is 15.0. The maximum Gasteiger partial charge on any atom is 0.251 e. The summed E-state index contributed by atoms with van der Waals surface area (Å²) in [6.45, 7) is 4.95. The topological polar surface area (TPSA) is 70.2 Å². The quantitative estimate of drug-likeness (QED) is 0.778. The number of nitrogens with zero attached hydrogens (tertiary/aromatic N) is 3. The van der Waals surface area contributed by atoms with Crippen LogP contribution in [0.3, 0.4) is 0 Å². The lowest BCUT2D eigenvalue weighted by atomic mass is 10.1. The van der Waals surface area contributed by atoms with Crippen LogP contribution in [0.2, 0.25) is 0 Å². The third-order valence-corrected chi connectivity index (χ3v) is 4.32. The Kier molecular flexibility index (Phi) is 5.99. The Morgan fingerprint density at radius 1 is 1.12 bits per heavy atom. The molecule has 3 rings (SSSR count). The fourth-order valence-electron chi connectivity index (χ4n) is 2.97. The van der Waals surface area contributed by atoms with E-state index in [2.05, 4.69) is 25.5 Å². The molecule has 0 aliphatic carbocycles. The summed E-state index contributed by atoms with van der Waals surface area (Å²) < 4.78 is 12.9. The molecule has 1 aromatic heterocycles. The van der Waals surface area contributed by atoms with Crippen LogP contribution in [0.15, 0.2) is 30.3 Å². The molecule has 138 valence electrons. The number of rotatable bonds is 6. The lowest BCUT2D eigenvalue weighted by Crippen LogP contribution is -2.31. The molecule has 1 aliphatic rings. The highest BCUT2D eigenvalue weighted by atomic mass is 19.1. The Labute approximate surface area is 152 Å². The van der Waals surface area contributed by atoms with Crippen LogP contribution in [0.5, 0.6) is 0 Å². The number of aromatic nitrogens is 2. The maximum absolute atomic E-state index is 12.9. The van der Waals surface area contributed by atoms with Gasteiger partial charge in [0.05, 0.1) is 0 Å². The molecule has 0 spiro atoms. The molecule has 6 nitrogen and oxygen atoms in total. The standard InChI is InChI=1S/C19H24FN5O/c1-14-13-17(25-11-3-2-4-12-25)24-19(23-14)22-10-9-21-18(26)15-5-7-16(20)8-6-15/h5-8,13H,2-4,9-12H2,1H3,(H,21,26)(H,22,23,24). The largest absolute Gasteiger partial charge is 0.356 e. The van der Waals surface area contributed by atoms with Crippen molar-refractivity contribution in [2.45, 2.75) is 26.2 Å². The van der Waals surface area contributed by atoms with E-state index in [-0.39, 0.29) is 11.7 Å². The number of carbonyl (C=O) groups is 1. The van der Waals surface area contributed by atoms with E-state index in [9.17, 15) is 9.18 Å². The van der Waals surface area contributed by atoms with Crippen molar-refractivity contribution in [2.75, 3.05) is 36.4 Å². The Morgan fingerprint density at radius 2 is 1.85 bits per heavy atom. The first-order valence-corrected chi connectivity index (χ1v) is 9.00. The molecule has 0 atom stereocenters. The molecule has 1 amide bonds. The Balaban J connectivity index is 1.50. The summed E-state index contributed by atoms with van der Waals surface area (Å²) in [7, 11) is 0. The molecule has 1 fully saturated rings. The highest BCUT2D eigenvalue weighted by Gasteiger charge is 2.13. The number of carbonyl (C=O) groups excluding carboxylic acids is 1. The van der Waals surface area contributed by atoms with Gasteiger partial charge in [0.15, 0.2) is 0 Å². The van der Waals surface area contributed by atoms with Crippen LogP contribution in [0.1, 0.15) is 35.3 Å². The van der Waals surface area contributed by atoms with Crippen molar-refractivity contribution in [2.24, 2.45) is 0 Å². The van der Waals surface area contributed by atoms with Crippen LogP contribution in [-0.4, -0.2) is 42.1 Å². The van der Waals surface area contributed by atoms with Crippen LogP contribution in [0.25, 0.3) is 0 Å². The lowest BCUT2D eigenvalue weighted by molar-refractivity contribution is 0.0955. The highest BCUT2D eigenvalue weighted by Crippen LogP contribution is 2.19. The number of anilines is 2. The first-order valence-electron chi connectivity index (χ1n) is 9.00. The molecule has 1 aliphatic heterocycles. The second-order valence-electron chi connectivity index (χ2n) is 6.43. The average Bonchev–Trinajstić information content (AvgIpc) is 2.66. The molecule has 0 radical (unpaired) electrons. The number of benzene rings is 1. The van der Waals surface area contributed by atoms with Gasteiger partial charge in [-0.2, -0.15) is 4.98 Å². The van der Waals surface area contributed by atoms with Crippen LogP contribution >= 0.6 is 0 Å². The van der Waals surface area contributed by atoms with Gasteiger partial charge >= 0.3 is 0 Å². The summed E-state index contributed by atoms with van der Waals surface area (Å²) in [6.07, 6.45) is 3.67. The highest BCUT2D eigenvalue weighted by molar-refractivity contribution is 5.94. The van der Waals surface area contributed by atoms with Crippen molar-refractivity contribution in [3.8, 4) is 0 Å². The van der Waals surface area contributed by atoms with Gasteiger partial charge in [0.25, 0.3) is 5.91 Å². The Morgan fingerprint density at radius 3 is 2.58 bits per heavy atom. The van der Waals surface area contributed by atoms with Crippen molar-refractivity contribution in [1.29, 1.82) is 0 Å². The third kappa shape index (κ3) is 4.91. The lowest BCUT2D eigenvalue weighted by Gasteiger charge is -2.28. The van der Waals surface area contributed by atoms with Gasteiger partial charge in [-0.1, -0.05) is 0 Å². The fraction of sp³-hybridized carbons (Fsp3) is 0.421. The molecule has 1 saturated heterocycles. The van der Waals surface area contributed by atoms with Gasteiger partial charge < -0.3 is 15.5 Å². The first-order chi connectivity index (χ1) is 12.6. The molecule has 26 heavy (non-hydrogen) atoms. The van der Waals surface area contributed by atoms with E-state index in [1.165, 1.54) is 43.5 Å². The molecule has 2 heterocycles. The first kappa shape index (κ1) is 18.1. The summed E-state index contributed by atoms with van der Waals surface area (Å²) in [5, 5.41) is 5.95. The van der Waals surface area contributed by atoms with Gasteiger partial charge in [0.1, 0.15) is 11.6 Å². The number of aryl methyl sites for hydroxylation is 1. The van der Waals surface area contributed by atoms with E-state index in [0.29, 0.717) is 24.6 Å². The summed E-state index contributed by atoms with van der Waals surface area (Å²) in [5.41, 5.74) is 1.35. The summed E-state index contributed by atoms with van der Waals surface area (Å²) in [5.74, 6) is 0.937.